The number of nitrogens with one attached hydrogen (secondary N) is 1. The number of aryl methyl sites for hydroxylation is 1. The van der Waals surface area contributed by atoms with Crippen molar-refractivity contribution in [1.29, 1.82) is 0 Å². The topological polar surface area (TPSA) is 72.7 Å². The van der Waals surface area contributed by atoms with Crippen LogP contribution < -0.4 is 5.32 Å². The lowest BCUT2D eigenvalue weighted by Crippen LogP contribution is -2.15. The number of amides is 1. The standard InChI is InChI=1S/C15H12ClN5O/c1-10-2-3-11(16)8-13(10)18-15(22)12-4-5-14(20-19-12)21-7-6-17-9-21/h2-9H,1H3,(H,18,22). The third kappa shape index (κ3) is 2.96. The average molecular weight is 314 g/mol. The second-order valence-electron chi connectivity index (χ2n) is 4.66. The van der Waals surface area contributed by atoms with E-state index in [1.165, 1.54) is 0 Å². The van der Waals surface area contributed by atoms with Gasteiger partial charge in [0.15, 0.2) is 11.5 Å². The second kappa shape index (κ2) is 5.95. The Kier molecular flexibility index (Phi) is 3.84. The van der Waals surface area contributed by atoms with E-state index in [9.17, 15) is 4.79 Å². The highest BCUT2D eigenvalue weighted by Gasteiger charge is 2.11. The number of benzene rings is 1. The van der Waals surface area contributed by atoms with E-state index in [1.807, 2.05) is 13.0 Å². The molecule has 0 saturated heterocycles. The SMILES string of the molecule is Cc1ccc(Cl)cc1NC(=O)c1ccc(-n2ccnc2)nn1. The van der Waals surface area contributed by atoms with Crippen LogP contribution in [-0.2, 0) is 0 Å². The molecule has 110 valence electrons. The van der Waals surface area contributed by atoms with Crippen LogP contribution in [0.4, 0.5) is 5.69 Å². The van der Waals surface area contributed by atoms with Crippen LogP contribution in [0.1, 0.15) is 16.1 Å². The molecule has 0 aliphatic heterocycles. The highest BCUT2D eigenvalue weighted by molar-refractivity contribution is 6.31. The summed E-state index contributed by atoms with van der Waals surface area (Å²) in [5, 5.41) is 11.3. The van der Waals surface area contributed by atoms with Crippen molar-refractivity contribution < 1.29 is 4.79 Å². The second-order valence-corrected chi connectivity index (χ2v) is 5.10. The Balaban J connectivity index is 1.79. The van der Waals surface area contributed by atoms with Crippen LogP contribution in [0.5, 0.6) is 0 Å². The molecule has 1 aromatic carbocycles. The fourth-order valence-electron chi connectivity index (χ4n) is 1.89. The smallest absolute Gasteiger partial charge is 0.276 e. The molecule has 0 unspecified atom stereocenters. The van der Waals surface area contributed by atoms with E-state index < -0.39 is 0 Å². The number of rotatable bonds is 3. The predicted molar refractivity (Wildman–Crippen MR) is 83.3 cm³/mol. The van der Waals surface area contributed by atoms with Gasteiger partial charge in [0, 0.05) is 23.1 Å². The van der Waals surface area contributed by atoms with Gasteiger partial charge in [-0.1, -0.05) is 17.7 Å². The third-order valence-electron chi connectivity index (χ3n) is 3.10. The monoisotopic (exact) mass is 313 g/mol. The minimum Gasteiger partial charge on any atom is -0.320 e. The Morgan fingerprint density at radius 1 is 1.23 bits per heavy atom. The van der Waals surface area contributed by atoms with Crippen molar-refractivity contribution in [3.63, 3.8) is 0 Å². The van der Waals surface area contributed by atoms with Gasteiger partial charge >= 0.3 is 0 Å². The molecule has 22 heavy (non-hydrogen) atoms. The van der Waals surface area contributed by atoms with Crippen LogP contribution in [0.25, 0.3) is 5.82 Å². The summed E-state index contributed by atoms with van der Waals surface area (Å²) in [6.07, 6.45) is 5.00. The first-order valence-electron chi connectivity index (χ1n) is 6.53. The number of imidazole rings is 1. The van der Waals surface area contributed by atoms with Gasteiger partial charge < -0.3 is 5.32 Å². The van der Waals surface area contributed by atoms with E-state index in [-0.39, 0.29) is 11.6 Å². The number of anilines is 1. The summed E-state index contributed by atoms with van der Waals surface area (Å²) in [5.74, 6) is 0.253. The van der Waals surface area contributed by atoms with Crippen LogP contribution in [0.3, 0.4) is 0 Å². The average Bonchev–Trinajstić information content (AvgIpc) is 3.05. The number of halogens is 1. The fraction of sp³-hybridized carbons (Fsp3) is 0.0667. The lowest BCUT2D eigenvalue weighted by molar-refractivity contribution is 0.102. The molecule has 3 aromatic rings. The van der Waals surface area contributed by atoms with Gasteiger partial charge in [-0.15, -0.1) is 10.2 Å². The van der Waals surface area contributed by atoms with Crippen LogP contribution >= 0.6 is 11.6 Å². The van der Waals surface area contributed by atoms with E-state index in [4.69, 9.17) is 11.6 Å². The Morgan fingerprint density at radius 3 is 2.77 bits per heavy atom. The van der Waals surface area contributed by atoms with Crippen molar-refractivity contribution in [2.75, 3.05) is 5.32 Å². The van der Waals surface area contributed by atoms with Gasteiger partial charge in [-0.2, -0.15) is 0 Å². The van der Waals surface area contributed by atoms with Crippen molar-refractivity contribution in [2.24, 2.45) is 0 Å². The molecule has 0 bridgehead atoms. The number of hydrogen-bond donors (Lipinski definition) is 1. The third-order valence-corrected chi connectivity index (χ3v) is 3.33. The quantitative estimate of drug-likeness (QED) is 0.807. The lowest BCUT2D eigenvalue weighted by atomic mass is 10.2. The lowest BCUT2D eigenvalue weighted by Gasteiger charge is -2.08. The summed E-state index contributed by atoms with van der Waals surface area (Å²) in [6.45, 7) is 1.89. The Labute approximate surface area is 131 Å². The molecule has 0 radical (unpaired) electrons. The highest BCUT2D eigenvalue weighted by atomic mass is 35.5. The highest BCUT2D eigenvalue weighted by Crippen LogP contribution is 2.20. The van der Waals surface area contributed by atoms with Gasteiger partial charge in [0.2, 0.25) is 0 Å². The Hall–Kier alpha value is -2.73. The maximum atomic E-state index is 12.2. The molecule has 0 fully saturated rings. The minimum atomic E-state index is -0.338. The molecule has 7 heteroatoms. The van der Waals surface area contributed by atoms with E-state index in [1.54, 1.807) is 47.6 Å². The van der Waals surface area contributed by atoms with E-state index in [2.05, 4.69) is 20.5 Å². The van der Waals surface area contributed by atoms with Crippen molar-refractivity contribution in [2.45, 2.75) is 6.92 Å². The molecule has 0 spiro atoms. The van der Waals surface area contributed by atoms with Gasteiger partial charge in [-0.05, 0) is 36.8 Å². The summed E-state index contributed by atoms with van der Waals surface area (Å²) in [6, 6.07) is 8.62. The molecule has 3 rings (SSSR count). The van der Waals surface area contributed by atoms with Gasteiger partial charge in [-0.25, -0.2) is 4.98 Å². The summed E-state index contributed by atoms with van der Waals surface area (Å²) >= 11 is 5.94. The van der Waals surface area contributed by atoms with Crippen molar-refractivity contribution in [1.82, 2.24) is 19.7 Å². The molecule has 1 amide bonds. The van der Waals surface area contributed by atoms with E-state index in [0.29, 0.717) is 16.5 Å². The molecule has 2 aromatic heterocycles. The summed E-state index contributed by atoms with van der Waals surface area (Å²) in [5.41, 5.74) is 1.79. The Bertz CT molecular complexity index is 799. The van der Waals surface area contributed by atoms with Gasteiger partial charge in [-0.3, -0.25) is 9.36 Å². The number of aromatic nitrogens is 4. The first kappa shape index (κ1) is 14.2. The van der Waals surface area contributed by atoms with Gasteiger partial charge in [0.05, 0.1) is 0 Å². The molecule has 0 atom stereocenters. The largest absolute Gasteiger partial charge is 0.320 e. The summed E-state index contributed by atoms with van der Waals surface area (Å²) < 4.78 is 1.70. The molecular formula is C15H12ClN5O. The maximum Gasteiger partial charge on any atom is 0.276 e. The van der Waals surface area contributed by atoms with Crippen molar-refractivity contribution in [3.05, 3.63) is 65.3 Å². The Morgan fingerprint density at radius 2 is 2.09 bits per heavy atom. The zero-order valence-electron chi connectivity index (χ0n) is 11.7. The van der Waals surface area contributed by atoms with Crippen LogP contribution in [0.2, 0.25) is 5.02 Å². The first-order chi connectivity index (χ1) is 10.6. The van der Waals surface area contributed by atoms with Crippen LogP contribution in [-0.4, -0.2) is 25.7 Å². The molecule has 0 aliphatic carbocycles. The molecule has 0 aliphatic rings. The zero-order valence-corrected chi connectivity index (χ0v) is 12.4. The van der Waals surface area contributed by atoms with Crippen molar-refractivity contribution >= 4 is 23.2 Å². The number of hydrogen-bond acceptors (Lipinski definition) is 4. The van der Waals surface area contributed by atoms with E-state index in [0.717, 1.165) is 5.56 Å². The van der Waals surface area contributed by atoms with Crippen molar-refractivity contribution in [3.8, 4) is 5.82 Å². The van der Waals surface area contributed by atoms with E-state index >= 15 is 0 Å². The number of carbonyl (C=O) groups is 1. The minimum absolute atomic E-state index is 0.225. The normalized spacial score (nSPS) is 10.5. The summed E-state index contributed by atoms with van der Waals surface area (Å²) in [7, 11) is 0. The molecule has 6 nitrogen and oxygen atoms in total. The van der Waals surface area contributed by atoms with Crippen LogP contribution in [0, 0.1) is 6.92 Å². The van der Waals surface area contributed by atoms with Crippen LogP contribution in [0.15, 0.2) is 49.1 Å². The molecule has 1 N–H and O–H groups in total. The summed E-state index contributed by atoms with van der Waals surface area (Å²) in [4.78, 5) is 16.1. The molecule has 2 heterocycles. The molecular weight excluding hydrogens is 302 g/mol. The predicted octanol–water partition coefficient (Wildman–Crippen LogP) is 2.88. The zero-order chi connectivity index (χ0) is 15.5. The number of nitrogens with zero attached hydrogens (tertiary/aromatic N) is 4. The number of carbonyl (C=O) groups excluding carboxylic acids is 1. The van der Waals surface area contributed by atoms with Gasteiger partial charge in [0.1, 0.15) is 6.33 Å². The van der Waals surface area contributed by atoms with Gasteiger partial charge in [0.25, 0.3) is 5.91 Å². The molecule has 0 saturated carbocycles. The first-order valence-corrected chi connectivity index (χ1v) is 6.91. The maximum absolute atomic E-state index is 12.2. The fourth-order valence-corrected chi connectivity index (χ4v) is 2.07.